The van der Waals surface area contributed by atoms with E-state index in [4.69, 9.17) is 4.98 Å². The Labute approximate surface area is 315 Å². The van der Waals surface area contributed by atoms with Crippen LogP contribution in [0.25, 0.3) is 38.8 Å². The highest BCUT2D eigenvalue weighted by Gasteiger charge is 2.28. The molecule has 7 aromatic carbocycles. The highest BCUT2D eigenvalue weighted by Crippen LogP contribution is 2.46. The van der Waals surface area contributed by atoms with E-state index < -0.39 is 0 Å². The molecule has 0 N–H and O–H groups in total. The standard InChI is InChI=1S/C50H36N4/c1-4-17-36(18-5-1)49(37-19-6-2-7-20-37)50(39-30-31-43-42-25-10-11-26-44(42)54(47(43)34-39)48-29-14-15-32-51-48)38-21-16-24-41(33-38)53-35-52(40-22-8-3-9-23-40)45-27-12-13-28-46(45)53/h1-34H,35H2. The summed E-state index contributed by atoms with van der Waals surface area (Å²) in [5.41, 5.74) is 13.9. The van der Waals surface area contributed by atoms with Gasteiger partial charge in [-0.15, -0.1) is 0 Å². The number of anilines is 4. The van der Waals surface area contributed by atoms with Crippen molar-refractivity contribution in [3.8, 4) is 5.82 Å². The molecule has 0 spiro atoms. The molecule has 3 heterocycles. The van der Waals surface area contributed by atoms with Gasteiger partial charge in [0.15, 0.2) is 0 Å². The van der Waals surface area contributed by atoms with Gasteiger partial charge in [-0.3, -0.25) is 4.57 Å². The van der Waals surface area contributed by atoms with Crippen molar-refractivity contribution in [3.05, 3.63) is 229 Å². The molecule has 0 bridgehead atoms. The molecule has 0 amide bonds. The normalized spacial score (nSPS) is 12.3. The van der Waals surface area contributed by atoms with E-state index >= 15 is 0 Å². The predicted molar refractivity (Wildman–Crippen MR) is 225 cm³/mol. The summed E-state index contributed by atoms with van der Waals surface area (Å²) in [5, 5.41) is 2.41. The Kier molecular flexibility index (Phi) is 7.85. The van der Waals surface area contributed by atoms with Gasteiger partial charge in [0.05, 0.1) is 22.4 Å². The lowest BCUT2D eigenvalue weighted by Gasteiger charge is -2.24. The lowest BCUT2D eigenvalue weighted by molar-refractivity contribution is 0.991. The lowest BCUT2D eigenvalue weighted by Crippen LogP contribution is -2.23. The fourth-order valence-electron chi connectivity index (χ4n) is 8.07. The Bertz CT molecular complexity index is 2750. The van der Waals surface area contributed by atoms with Crippen LogP contribution in [-0.2, 0) is 0 Å². The topological polar surface area (TPSA) is 24.3 Å². The van der Waals surface area contributed by atoms with E-state index in [0.717, 1.165) is 44.8 Å². The number of pyridine rings is 1. The summed E-state index contributed by atoms with van der Waals surface area (Å²) >= 11 is 0. The third-order valence-electron chi connectivity index (χ3n) is 10.5. The van der Waals surface area contributed by atoms with Gasteiger partial charge < -0.3 is 9.80 Å². The van der Waals surface area contributed by atoms with E-state index in [1.54, 1.807) is 0 Å². The summed E-state index contributed by atoms with van der Waals surface area (Å²) in [5.74, 6) is 0.899. The Morgan fingerprint density at radius 3 is 1.63 bits per heavy atom. The van der Waals surface area contributed by atoms with Crippen molar-refractivity contribution < 1.29 is 0 Å². The number of aromatic nitrogens is 2. The number of para-hydroxylation sites is 4. The minimum atomic E-state index is 0.715. The second-order valence-electron chi connectivity index (χ2n) is 13.6. The summed E-state index contributed by atoms with van der Waals surface area (Å²) in [7, 11) is 0. The van der Waals surface area contributed by atoms with Crippen LogP contribution in [0, 0.1) is 0 Å². The first kappa shape index (κ1) is 31.6. The zero-order valence-electron chi connectivity index (χ0n) is 29.6. The fraction of sp³-hybridized carbons (Fsp3) is 0.0200. The van der Waals surface area contributed by atoms with Crippen molar-refractivity contribution in [2.24, 2.45) is 0 Å². The maximum Gasteiger partial charge on any atom is 0.137 e. The third-order valence-corrected chi connectivity index (χ3v) is 10.5. The van der Waals surface area contributed by atoms with E-state index in [9.17, 15) is 0 Å². The van der Waals surface area contributed by atoms with Crippen molar-refractivity contribution >= 4 is 55.7 Å². The molecule has 1 aliphatic heterocycles. The Balaban J connectivity index is 1.22. The van der Waals surface area contributed by atoms with Crippen LogP contribution in [-0.4, -0.2) is 16.2 Å². The molecule has 9 aromatic rings. The van der Waals surface area contributed by atoms with E-state index in [1.807, 2.05) is 12.3 Å². The molecular formula is C50H36N4. The first-order valence-corrected chi connectivity index (χ1v) is 18.4. The molecule has 54 heavy (non-hydrogen) atoms. The smallest absolute Gasteiger partial charge is 0.137 e. The highest BCUT2D eigenvalue weighted by molar-refractivity contribution is 6.12. The van der Waals surface area contributed by atoms with Gasteiger partial charge >= 0.3 is 0 Å². The molecule has 0 aliphatic carbocycles. The quantitative estimate of drug-likeness (QED) is 0.155. The number of benzene rings is 7. The second kappa shape index (κ2) is 13.4. The molecule has 0 saturated heterocycles. The van der Waals surface area contributed by atoms with Crippen LogP contribution >= 0.6 is 0 Å². The van der Waals surface area contributed by atoms with Crippen LogP contribution in [0.4, 0.5) is 22.7 Å². The van der Waals surface area contributed by atoms with Crippen molar-refractivity contribution in [1.82, 2.24) is 9.55 Å². The minimum Gasteiger partial charge on any atom is -0.321 e. The summed E-state index contributed by atoms with van der Waals surface area (Å²) < 4.78 is 2.30. The summed E-state index contributed by atoms with van der Waals surface area (Å²) in [6, 6.07) is 71.7. The zero-order chi connectivity index (χ0) is 35.8. The van der Waals surface area contributed by atoms with Gasteiger partial charge in [0.1, 0.15) is 12.5 Å². The molecule has 10 rings (SSSR count). The van der Waals surface area contributed by atoms with Gasteiger partial charge in [-0.2, -0.15) is 0 Å². The molecule has 0 fully saturated rings. The van der Waals surface area contributed by atoms with E-state index in [0.29, 0.717) is 6.67 Å². The van der Waals surface area contributed by atoms with Gasteiger partial charge in [0.25, 0.3) is 0 Å². The van der Waals surface area contributed by atoms with Crippen LogP contribution in [0.15, 0.2) is 206 Å². The maximum atomic E-state index is 4.83. The molecule has 0 radical (unpaired) electrons. The van der Waals surface area contributed by atoms with Gasteiger partial charge in [-0.05, 0) is 94.1 Å². The van der Waals surface area contributed by atoms with Crippen LogP contribution < -0.4 is 9.80 Å². The zero-order valence-corrected chi connectivity index (χ0v) is 29.6. The summed E-state index contributed by atoms with van der Waals surface area (Å²) in [6.45, 7) is 0.715. The summed E-state index contributed by atoms with van der Waals surface area (Å²) in [4.78, 5) is 9.65. The number of hydrogen-bond acceptors (Lipinski definition) is 3. The average molecular weight is 693 g/mol. The first-order chi connectivity index (χ1) is 26.8. The summed E-state index contributed by atoms with van der Waals surface area (Å²) in [6.07, 6.45) is 1.87. The Morgan fingerprint density at radius 2 is 0.926 bits per heavy atom. The largest absolute Gasteiger partial charge is 0.321 e. The van der Waals surface area contributed by atoms with Crippen LogP contribution in [0.3, 0.4) is 0 Å². The molecular weight excluding hydrogens is 657 g/mol. The van der Waals surface area contributed by atoms with Gasteiger partial charge in [0.2, 0.25) is 0 Å². The highest BCUT2D eigenvalue weighted by atomic mass is 15.4. The molecule has 4 heteroatoms. The number of fused-ring (bicyclic) bond motifs is 4. The van der Waals surface area contributed by atoms with E-state index in [-0.39, 0.29) is 0 Å². The van der Waals surface area contributed by atoms with Crippen molar-refractivity contribution in [2.75, 3.05) is 16.5 Å². The number of nitrogens with zero attached hydrogens (tertiary/aromatic N) is 4. The number of hydrogen-bond donors (Lipinski definition) is 0. The monoisotopic (exact) mass is 692 g/mol. The fourth-order valence-corrected chi connectivity index (χ4v) is 8.07. The lowest BCUT2D eigenvalue weighted by atomic mass is 9.85. The SMILES string of the molecule is c1ccc(C(=C(c2cccc(N3CN(c4ccccc4)c4ccccc43)c2)c2ccc3c4ccccc4n(-c4ccccn4)c3c2)c2ccccc2)cc1. The first-order valence-electron chi connectivity index (χ1n) is 18.4. The molecule has 0 atom stereocenters. The second-order valence-corrected chi connectivity index (χ2v) is 13.6. The van der Waals surface area contributed by atoms with Crippen LogP contribution in [0.1, 0.15) is 22.3 Å². The molecule has 0 saturated carbocycles. The van der Waals surface area contributed by atoms with E-state index in [1.165, 1.54) is 39.0 Å². The molecule has 1 aliphatic rings. The van der Waals surface area contributed by atoms with Gasteiger partial charge in [-0.25, -0.2) is 4.98 Å². The third kappa shape index (κ3) is 5.44. The van der Waals surface area contributed by atoms with Crippen LogP contribution in [0.5, 0.6) is 0 Å². The van der Waals surface area contributed by atoms with Crippen LogP contribution in [0.2, 0.25) is 0 Å². The van der Waals surface area contributed by atoms with Gasteiger partial charge in [-0.1, -0.05) is 140 Å². The average Bonchev–Trinajstić information content (AvgIpc) is 3.80. The predicted octanol–water partition coefficient (Wildman–Crippen LogP) is 12.4. The van der Waals surface area contributed by atoms with Crippen molar-refractivity contribution in [3.63, 3.8) is 0 Å². The van der Waals surface area contributed by atoms with Crippen molar-refractivity contribution in [2.45, 2.75) is 0 Å². The molecule has 256 valence electrons. The molecule has 0 unspecified atom stereocenters. The Hall–Kier alpha value is -7.17. The van der Waals surface area contributed by atoms with Gasteiger partial charge in [0, 0.05) is 28.3 Å². The molecule has 4 nitrogen and oxygen atoms in total. The maximum absolute atomic E-state index is 4.83. The molecule has 2 aromatic heterocycles. The van der Waals surface area contributed by atoms with E-state index in [2.05, 4.69) is 208 Å². The minimum absolute atomic E-state index is 0.715. The Morgan fingerprint density at radius 1 is 0.389 bits per heavy atom. The number of rotatable bonds is 7. The van der Waals surface area contributed by atoms with Crippen molar-refractivity contribution in [1.29, 1.82) is 0 Å².